The first kappa shape index (κ1) is 17.0. The van der Waals surface area contributed by atoms with Crippen LogP contribution in [0.15, 0.2) is 33.7 Å². The monoisotopic (exact) mass is 413 g/mol. The third kappa shape index (κ3) is 2.64. The van der Waals surface area contributed by atoms with E-state index in [1.807, 2.05) is 0 Å². The van der Waals surface area contributed by atoms with Gasteiger partial charge in [-0.25, -0.2) is 22.9 Å². The molecule has 1 aromatic carbocycles. The average molecular weight is 414 g/mol. The van der Waals surface area contributed by atoms with Crippen LogP contribution in [0.3, 0.4) is 0 Å². The number of carbonyl (C=O) groups is 1. The molecule has 3 rings (SSSR count). The van der Waals surface area contributed by atoms with E-state index in [1.165, 1.54) is 0 Å². The number of hydrogen-bond donors (Lipinski definition) is 2. The van der Waals surface area contributed by atoms with Gasteiger partial charge in [-0.15, -0.1) is 0 Å². The lowest BCUT2D eigenvalue weighted by Crippen LogP contribution is -2.20. The van der Waals surface area contributed by atoms with Crippen LogP contribution in [0.4, 0.5) is 19.0 Å². The van der Waals surface area contributed by atoms with Gasteiger partial charge in [-0.3, -0.25) is 9.36 Å². The molecule has 0 saturated heterocycles. The van der Waals surface area contributed by atoms with Gasteiger partial charge in [0, 0.05) is 6.20 Å². The van der Waals surface area contributed by atoms with Gasteiger partial charge in [0.1, 0.15) is 11.4 Å². The fourth-order valence-corrected chi connectivity index (χ4v) is 2.90. The minimum atomic E-state index is -1.57. The van der Waals surface area contributed by atoms with Gasteiger partial charge in [0.2, 0.25) is 5.43 Å². The van der Waals surface area contributed by atoms with Crippen molar-refractivity contribution < 1.29 is 23.1 Å². The van der Waals surface area contributed by atoms with Gasteiger partial charge in [-0.2, -0.15) is 0 Å². The van der Waals surface area contributed by atoms with Gasteiger partial charge in [-0.1, -0.05) is 0 Å². The largest absolute Gasteiger partial charge is 0.477 e. The van der Waals surface area contributed by atoms with Crippen molar-refractivity contribution in [3.05, 3.63) is 62.1 Å². The number of rotatable bonds is 2. The Morgan fingerprint density at radius 2 is 1.92 bits per heavy atom. The van der Waals surface area contributed by atoms with E-state index >= 15 is 0 Å². The number of nitrogens with zero attached hydrogens (tertiary/aromatic N) is 2. The summed E-state index contributed by atoms with van der Waals surface area (Å²) in [4.78, 5) is 27.3. The summed E-state index contributed by atoms with van der Waals surface area (Å²) in [5.74, 6) is -5.57. The lowest BCUT2D eigenvalue weighted by molar-refractivity contribution is 0.0695. The van der Waals surface area contributed by atoms with Gasteiger partial charge < -0.3 is 10.8 Å². The van der Waals surface area contributed by atoms with Crippen molar-refractivity contribution in [2.24, 2.45) is 0 Å². The summed E-state index contributed by atoms with van der Waals surface area (Å²) in [5, 5.41) is 8.80. The fourth-order valence-electron chi connectivity index (χ4n) is 2.31. The molecule has 0 saturated carbocycles. The molecule has 0 bridgehead atoms. The van der Waals surface area contributed by atoms with Crippen molar-refractivity contribution in [3.8, 4) is 5.82 Å². The highest BCUT2D eigenvalue weighted by Gasteiger charge is 2.22. The first-order chi connectivity index (χ1) is 11.7. The van der Waals surface area contributed by atoms with E-state index < -0.39 is 50.1 Å². The number of fused-ring (bicyclic) bond motifs is 1. The highest BCUT2D eigenvalue weighted by atomic mass is 79.9. The molecule has 3 N–H and O–H groups in total. The molecule has 2 heterocycles. The van der Waals surface area contributed by atoms with Crippen LogP contribution in [0.5, 0.6) is 0 Å². The van der Waals surface area contributed by atoms with Gasteiger partial charge in [0.15, 0.2) is 23.3 Å². The van der Waals surface area contributed by atoms with Crippen LogP contribution in [0.2, 0.25) is 0 Å². The molecular formula is C15H7BrF3N3O3. The van der Waals surface area contributed by atoms with Crippen molar-refractivity contribution in [1.29, 1.82) is 0 Å². The molecule has 0 aliphatic rings. The number of hydrogen-bond acceptors (Lipinski definition) is 4. The first-order valence-electron chi connectivity index (χ1n) is 6.61. The lowest BCUT2D eigenvalue weighted by atomic mass is 10.1. The molecule has 25 heavy (non-hydrogen) atoms. The maximum absolute atomic E-state index is 13.9. The van der Waals surface area contributed by atoms with Crippen LogP contribution in [0, 0.1) is 17.5 Å². The predicted molar refractivity (Wildman–Crippen MR) is 86.3 cm³/mol. The van der Waals surface area contributed by atoms with Gasteiger partial charge in [0.25, 0.3) is 0 Å². The summed E-state index contributed by atoms with van der Waals surface area (Å²) in [5.41, 5.74) is 3.52. The molecular weight excluding hydrogens is 407 g/mol. The molecule has 3 aromatic rings. The summed E-state index contributed by atoms with van der Waals surface area (Å²) in [6.45, 7) is 0. The smallest absolute Gasteiger partial charge is 0.341 e. The maximum atomic E-state index is 13.9. The lowest BCUT2D eigenvalue weighted by Gasteiger charge is -2.14. The number of aromatic carboxylic acids is 1. The van der Waals surface area contributed by atoms with E-state index in [9.17, 15) is 27.9 Å². The quantitative estimate of drug-likeness (QED) is 0.629. The number of anilines is 1. The summed E-state index contributed by atoms with van der Waals surface area (Å²) < 4.78 is 41.6. The van der Waals surface area contributed by atoms with Crippen LogP contribution in [0.25, 0.3) is 16.7 Å². The van der Waals surface area contributed by atoms with Crippen LogP contribution >= 0.6 is 15.9 Å². The van der Waals surface area contributed by atoms with Crippen LogP contribution in [0.1, 0.15) is 10.4 Å². The Labute approximate surface area is 145 Å². The second-order valence-corrected chi connectivity index (χ2v) is 5.76. The molecule has 0 spiro atoms. The van der Waals surface area contributed by atoms with E-state index in [2.05, 4.69) is 20.9 Å². The summed E-state index contributed by atoms with van der Waals surface area (Å²) in [6.07, 6.45) is 0.884. The Morgan fingerprint density at radius 1 is 1.24 bits per heavy atom. The van der Waals surface area contributed by atoms with E-state index in [0.717, 1.165) is 22.9 Å². The molecule has 0 unspecified atom stereocenters. The van der Waals surface area contributed by atoms with Crippen LogP contribution < -0.4 is 11.2 Å². The predicted octanol–water partition coefficient (Wildman–Crippen LogP) is 2.85. The molecule has 0 atom stereocenters. The fraction of sp³-hybridized carbons (Fsp3) is 0. The number of aromatic nitrogens is 2. The summed E-state index contributed by atoms with van der Waals surface area (Å²) in [6, 6.07) is 2.71. The molecule has 0 amide bonds. The molecule has 2 aromatic heterocycles. The summed E-state index contributed by atoms with van der Waals surface area (Å²) in [7, 11) is 0. The highest BCUT2D eigenvalue weighted by molar-refractivity contribution is 9.10. The molecule has 10 heteroatoms. The van der Waals surface area contributed by atoms with E-state index in [1.54, 1.807) is 0 Å². The molecule has 0 fully saturated rings. The van der Waals surface area contributed by atoms with Crippen molar-refractivity contribution in [2.45, 2.75) is 0 Å². The molecule has 0 aliphatic heterocycles. The number of benzene rings is 1. The van der Waals surface area contributed by atoms with Crippen molar-refractivity contribution in [3.63, 3.8) is 0 Å². The van der Waals surface area contributed by atoms with Crippen molar-refractivity contribution in [2.75, 3.05) is 5.73 Å². The zero-order valence-electron chi connectivity index (χ0n) is 12.1. The van der Waals surface area contributed by atoms with E-state index in [-0.39, 0.29) is 11.3 Å². The highest BCUT2D eigenvalue weighted by Crippen LogP contribution is 2.29. The molecule has 128 valence electrons. The zero-order chi connectivity index (χ0) is 18.5. The normalized spacial score (nSPS) is 11.0. The van der Waals surface area contributed by atoms with Crippen molar-refractivity contribution >= 4 is 38.6 Å². The Kier molecular flexibility index (Phi) is 3.99. The number of nitrogens with two attached hydrogens (primary N) is 1. The molecule has 0 radical (unpaired) electrons. The van der Waals surface area contributed by atoms with E-state index in [4.69, 9.17) is 5.73 Å². The van der Waals surface area contributed by atoms with Crippen molar-refractivity contribution in [1.82, 2.24) is 9.55 Å². The second kappa shape index (κ2) is 5.88. The SMILES string of the molecule is Nc1nc(-n2cc(C(=O)O)c(=O)c3cc(F)c(F)c(Br)c32)ccc1F. The Bertz CT molecular complexity index is 1110. The third-order valence-electron chi connectivity index (χ3n) is 3.46. The number of carboxylic acids is 1. The standard InChI is InChI=1S/C15H7BrF3N3O3/c16-10-11(19)8(18)3-5-12(10)22(4-6(13(5)23)15(24)25)9-2-1-7(17)14(20)21-9/h1-4H,(H2,20,21)(H,24,25). The second-order valence-electron chi connectivity index (χ2n) is 4.97. The zero-order valence-corrected chi connectivity index (χ0v) is 13.6. The molecule has 6 nitrogen and oxygen atoms in total. The Morgan fingerprint density at radius 3 is 2.52 bits per heavy atom. The van der Waals surface area contributed by atoms with Crippen LogP contribution in [-0.2, 0) is 0 Å². The first-order valence-corrected chi connectivity index (χ1v) is 7.40. The number of nitrogen functional groups attached to an aromatic ring is 1. The minimum Gasteiger partial charge on any atom is -0.477 e. The third-order valence-corrected chi connectivity index (χ3v) is 4.18. The van der Waals surface area contributed by atoms with Gasteiger partial charge in [-0.05, 0) is 34.1 Å². The average Bonchev–Trinajstić information content (AvgIpc) is 2.56. The number of pyridine rings is 2. The summed E-state index contributed by atoms with van der Waals surface area (Å²) >= 11 is 2.85. The van der Waals surface area contributed by atoms with Gasteiger partial charge in [0.05, 0.1) is 15.4 Å². The Hall–Kier alpha value is -2.88. The van der Waals surface area contributed by atoms with Gasteiger partial charge >= 0.3 is 5.97 Å². The maximum Gasteiger partial charge on any atom is 0.341 e. The number of halogens is 4. The minimum absolute atomic E-state index is 0.0851. The number of carboxylic acid groups (broad SMARTS) is 1. The Balaban J connectivity index is 2.54. The molecule has 0 aliphatic carbocycles. The topological polar surface area (TPSA) is 98.2 Å². The van der Waals surface area contributed by atoms with E-state index in [0.29, 0.717) is 6.07 Å². The van der Waals surface area contributed by atoms with Crippen LogP contribution in [-0.4, -0.2) is 20.6 Å².